The molecule has 0 radical (unpaired) electrons. The van der Waals surface area contributed by atoms with Crippen molar-refractivity contribution in [3.63, 3.8) is 0 Å². The van der Waals surface area contributed by atoms with Crippen LogP contribution in [0.4, 0.5) is 4.39 Å². The summed E-state index contributed by atoms with van der Waals surface area (Å²) < 4.78 is 13.4. The number of benzene rings is 1. The SMILES string of the molecule is CSCCC(C)NC(C)c1cc(F)c(Cl)cc1Cl. The van der Waals surface area contributed by atoms with Crippen LogP contribution in [0.25, 0.3) is 0 Å². The fraction of sp³-hybridized carbons (Fsp3) is 0.538. The Hall–Kier alpha value is 0.0400. The normalized spacial score (nSPS) is 14.6. The van der Waals surface area contributed by atoms with Crippen LogP contribution >= 0.6 is 35.0 Å². The fourth-order valence-electron chi connectivity index (χ4n) is 1.76. The maximum atomic E-state index is 13.4. The van der Waals surface area contributed by atoms with E-state index in [-0.39, 0.29) is 11.1 Å². The van der Waals surface area contributed by atoms with E-state index in [0.717, 1.165) is 17.7 Å². The molecule has 1 rings (SSSR count). The zero-order valence-corrected chi connectivity index (χ0v) is 13.1. The zero-order valence-electron chi connectivity index (χ0n) is 10.8. The van der Waals surface area contributed by atoms with Gasteiger partial charge in [-0.15, -0.1) is 0 Å². The summed E-state index contributed by atoms with van der Waals surface area (Å²) in [7, 11) is 0. The van der Waals surface area contributed by atoms with Crippen LogP contribution in [-0.4, -0.2) is 18.1 Å². The fourth-order valence-corrected chi connectivity index (χ4v) is 2.90. The third-order valence-corrected chi connectivity index (χ3v) is 4.06. The van der Waals surface area contributed by atoms with Crippen molar-refractivity contribution < 1.29 is 4.39 Å². The number of nitrogens with one attached hydrogen (secondary N) is 1. The van der Waals surface area contributed by atoms with Crippen molar-refractivity contribution in [1.29, 1.82) is 0 Å². The van der Waals surface area contributed by atoms with E-state index >= 15 is 0 Å². The highest BCUT2D eigenvalue weighted by Gasteiger charge is 2.15. The maximum absolute atomic E-state index is 13.4. The predicted molar refractivity (Wildman–Crippen MR) is 80.4 cm³/mol. The molecule has 0 fully saturated rings. The first-order valence-corrected chi connectivity index (χ1v) is 8.00. The highest BCUT2D eigenvalue weighted by molar-refractivity contribution is 7.98. The molecule has 1 N–H and O–H groups in total. The van der Waals surface area contributed by atoms with Gasteiger partial charge >= 0.3 is 0 Å². The van der Waals surface area contributed by atoms with Gasteiger partial charge in [-0.3, -0.25) is 0 Å². The number of thioether (sulfide) groups is 1. The van der Waals surface area contributed by atoms with Crippen LogP contribution in [0.3, 0.4) is 0 Å². The van der Waals surface area contributed by atoms with Crippen molar-refractivity contribution in [1.82, 2.24) is 5.32 Å². The Morgan fingerprint density at radius 3 is 2.56 bits per heavy atom. The number of hydrogen-bond donors (Lipinski definition) is 1. The van der Waals surface area contributed by atoms with Gasteiger partial charge in [0.25, 0.3) is 0 Å². The second kappa shape index (κ2) is 7.59. The first-order valence-electron chi connectivity index (χ1n) is 5.85. The lowest BCUT2D eigenvalue weighted by Crippen LogP contribution is -2.29. The van der Waals surface area contributed by atoms with E-state index in [1.54, 1.807) is 0 Å². The Kier molecular flexibility index (Phi) is 6.78. The van der Waals surface area contributed by atoms with E-state index < -0.39 is 5.82 Å². The van der Waals surface area contributed by atoms with Gasteiger partial charge in [0.2, 0.25) is 0 Å². The van der Waals surface area contributed by atoms with Gasteiger partial charge in [-0.25, -0.2) is 4.39 Å². The van der Waals surface area contributed by atoms with Gasteiger partial charge in [0.15, 0.2) is 0 Å². The Balaban J connectivity index is 2.72. The van der Waals surface area contributed by atoms with E-state index in [9.17, 15) is 4.39 Å². The quantitative estimate of drug-likeness (QED) is 0.748. The molecular formula is C13H18Cl2FNS. The van der Waals surface area contributed by atoms with Crippen LogP contribution in [0.15, 0.2) is 12.1 Å². The van der Waals surface area contributed by atoms with Gasteiger partial charge in [0.05, 0.1) is 5.02 Å². The molecule has 18 heavy (non-hydrogen) atoms. The highest BCUT2D eigenvalue weighted by atomic mass is 35.5. The van der Waals surface area contributed by atoms with Crippen molar-refractivity contribution in [2.45, 2.75) is 32.4 Å². The Morgan fingerprint density at radius 1 is 1.28 bits per heavy atom. The number of halogens is 3. The molecule has 1 aromatic rings. The third-order valence-electron chi connectivity index (χ3n) is 2.80. The average molecular weight is 310 g/mol. The maximum Gasteiger partial charge on any atom is 0.142 e. The molecule has 0 aliphatic rings. The second-order valence-electron chi connectivity index (χ2n) is 4.36. The number of hydrogen-bond acceptors (Lipinski definition) is 2. The van der Waals surface area contributed by atoms with E-state index in [0.29, 0.717) is 11.1 Å². The Labute approximate surface area is 122 Å². The lowest BCUT2D eigenvalue weighted by molar-refractivity contribution is 0.470. The molecule has 1 nitrogen and oxygen atoms in total. The molecule has 0 bridgehead atoms. The molecule has 0 aliphatic heterocycles. The summed E-state index contributed by atoms with van der Waals surface area (Å²) in [4.78, 5) is 0. The van der Waals surface area contributed by atoms with Crippen LogP contribution in [0, 0.1) is 5.82 Å². The van der Waals surface area contributed by atoms with E-state index in [2.05, 4.69) is 18.5 Å². The second-order valence-corrected chi connectivity index (χ2v) is 6.16. The van der Waals surface area contributed by atoms with E-state index in [1.165, 1.54) is 12.1 Å². The Morgan fingerprint density at radius 2 is 1.94 bits per heavy atom. The van der Waals surface area contributed by atoms with Gasteiger partial charge in [0.1, 0.15) is 5.82 Å². The van der Waals surface area contributed by atoms with Crippen LogP contribution in [-0.2, 0) is 0 Å². The van der Waals surface area contributed by atoms with Crippen LogP contribution in [0.1, 0.15) is 31.9 Å². The van der Waals surface area contributed by atoms with Gasteiger partial charge in [-0.2, -0.15) is 11.8 Å². The number of rotatable bonds is 6. The van der Waals surface area contributed by atoms with Crippen molar-refractivity contribution in [3.05, 3.63) is 33.6 Å². The average Bonchev–Trinajstić information content (AvgIpc) is 2.31. The summed E-state index contributed by atoms with van der Waals surface area (Å²) >= 11 is 13.6. The summed E-state index contributed by atoms with van der Waals surface area (Å²) in [6.45, 7) is 4.09. The van der Waals surface area contributed by atoms with Gasteiger partial charge in [-0.05, 0) is 50.0 Å². The predicted octanol–water partition coefficient (Wildman–Crippen LogP) is 4.92. The smallest absolute Gasteiger partial charge is 0.142 e. The van der Waals surface area contributed by atoms with Crippen molar-refractivity contribution >= 4 is 35.0 Å². The summed E-state index contributed by atoms with van der Waals surface area (Å²) in [6.07, 6.45) is 3.15. The lowest BCUT2D eigenvalue weighted by atomic mass is 10.1. The van der Waals surface area contributed by atoms with Crippen molar-refractivity contribution in [2.75, 3.05) is 12.0 Å². The van der Waals surface area contributed by atoms with Crippen molar-refractivity contribution in [2.24, 2.45) is 0 Å². The molecule has 0 aliphatic carbocycles. The minimum Gasteiger partial charge on any atom is -0.308 e. The molecule has 0 amide bonds. The third kappa shape index (κ3) is 4.61. The molecule has 5 heteroatoms. The monoisotopic (exact) mass is 309 g/mol. The minimum atomic E-state index is -0.429. The van der Waals surface area contributed by atoms with Gasteiger partial charge in [-0.1, -0.05) is 23.2 Å². The Bertz CT molecular complexity index is 401. The van der Waals surface area contributed by atoms with E-state index in [4.69, 9.17) is 23.2 Å². The van der Waals surface area contributed by atoms with Gasteiger partial charge < -0.3 is 5.32 Å². The molecular weight excluding hydrogens is 292 g/mol. The lowest BCUT2D eigenvalue weighted by Gasteiger charge is -2.21. The zero-order chi connectivity index (χ0) is 13.7. The topological polar surface area (TPSA) is 12.0 Å². The standard InChI is InChI=1S/C13H18Cl2FNS/c1-8(4-5-18-3)17-9(2)10-6-13(16)12(15)7-11(10)14/h6-9,17H,4-5H2,1-3H3. The largest absolute Gasteiger partial charge is 0.308 e. The minimum absolute atomic E-state index is 0.00104. The molecule has 0 heterocycles. The summed E-state index contributed by atoms with van der Waals surface area (Å²) in [5, 5.41) is 3.97. The van der Waals surface area contributed by atoms with Crippen LogP contribution in [0.2, 0.25) is 10.0 Å². The van der Waals surface area contributed by atoms with Crippen LogP contribution < -0.4 is 5.32 Å². The highest BCUT2D eigenvalue weighted by Crippen LogP contribution is 2.28. The molecule has 0 saturated carbocycles. The summed E-state index contributed by atoms with van der Waals surface area (Å²) in [5.74, 6) is 0.672. The summed E-state index contributed by atoms with van der Waals surface area (Å²) in [5.41, 5.74) is 0.745. The molecule has 2 atom stereocenters. The summed E-state index contributed by atoms with van der Waals surface area (Å²) in [6, 6.07) is 3.23. The molecule has 0 aromatic heterocycles. The van der Waals surface area contributed by atoms with Crippen LogP contribution in [0.5, 0.6) is 0 Å². The van der Waals surface area contributed by atoms with Crippen molar-refractivity contribution in [3.8, 4) is 0 Å². The molecule has 102 valence electrons. The van der Waals surface area contributed by atoms with E-state index in [1.807, 2.05) is 18.7 Å². The van der Waals surface area contributed by atoms with Gasteiger partial charge in [0, 0.05) is 17.1 Å². The molecule has 1 aromatic carbocycles. The first-order chi connectivity index (χ1) is 8.45. The molecule has 2 unspecified atom stereocenters. The first kappa shape index (κ1) is 16.1. The molecule has 0 spiro atoms. The molecule has 0 saturated heterocycles.